The average Bonchev–Trinajstić information content (AvgIpc) is 2.20. The molecule has 102 valence electrons. The average molecular weight is 267 g/mol. The molecule has 1 fully saturated rings. The zero-order valence-electron chi connectivity index (χ0n) is 9.85. The Balaban J connectivity index is 2.34. The first-order valence-corrected chi connectivity index (χ1v) is 7.40. The molecule has 0 unspecified atom stereocenters. The van der Waals surface area contributed by atoms with Crippen LogP contribution in [0.4, 0.5) is 0 Å². The molecule has 0 atom stereocenters. The van der Waals surface area contributed by atoms with Crippen LogP contribution in [0.5, 0.6) is 0 Å². The van der Waals surface area contributed by atoms with Crippen molar-refractivity contribution in [1.29, 1.82) is 0 Å². The summed E-state index contributed by atoms with van der Waals surface area (Å²) in [4.78, 5) is 17.7. The van der Waals surface area contributed by atoms with Crippen molar-refractivity contribution in [3.8, 4) is 0 Å². The van der Waals surface area contributed by atoms with Crippen molar-refractivity contribution < 1.29 is 14.4 Å². The Bertz CT molecular complexity index is 237. The monoisotopic (exact) mass is 267 g/mol. The minimum Gasteiger partial charge on any atom is -0.314 e. The van der Waals surface area contributed by atoms with E-state index in [2.05, 4.69) is 21.1 Å². The second-order valence-electron chi connectivity index (χ2n) is 3.88. The third kappa shape index (κ3) is 8.64. The fourth-order valence-corrected chi connectivity index (χ4v) is 2.12. The van der Waals surface area contributed by atoms with Crippen LogP contribution in [-0.4, -0.2) is 67.2 Å². The van der Waals surface area contributed by atoms with E-state index in [9.17, 15) is 4.57 Å². The Hall–Kier alpha value is -0.0500. The molecule has 0 aromatic heterocycles. The van der Waals surface area contributed by atoms with Crippen molar-refractivity contribution in [3.63, 3.8) is 0 Å². The predicted molar refractivity (Wildman–Crippen MR) is 65.4 cm³/mol. The number of hydrogen-bond donors (Lipinski definition) is 6. The van der Waals surface area contributed by atoms with Gasteiger partial charge in [-0.3, -0.25) is 0 Å². The maximum Gasteiger partial charge on any atom is 0.413 e. The first kappa shape index (κ1) is 15.0. The van der Waals surface area contributed by atoms with Gasteiger partial charge in [-0.05, 0) is 0 Å². The second kappa shape index (κ2) is 8.12. The molecule has 0 saturated carbocycles. The Kier molecular flexibility index (Phi) is 7.17. The van der Waals surface area contributed by atoms with Crippen LogP contribution in [0.2, 0.25) is 0 Å². The van der Waals surface area contributed by atoms with Crippen molar-refractivity contribution in [2.24, 2.45) is 0 Å². The summed E-state index contributed by atoms with van der Waals surface area (Å²) >= 11 is 0. The topological polar surface area (TPSA) is 109 Å². The lowest BCUT2D eigenvalue weighted by molar-refractivity contribution is 0.205. The Morgan fingerprint density at radius 1 is 0.882 bits per heavy atom. The molecule has 0 spiro atoms. The van der Waals surface area contributed by atoms with Crippen LogP contribution in [0.15, 0.2) is 0 Å². The highest BCUT2D eigenvalue weighted by atomic mass is 31.2. The molecule has 0 bridgehead atoms. The molecule has 1 saturated heterocycles. The third-order valence-corrected chi connectivity index (χ3v) is 2.89. The highest BCUT2D eigenvalue weighted by Crippen LogP contribution is 2.28. The van der Waals surface area contributed by atoms with Gasteiger partial charge in [0.05, 0.1) is 0 Å². The molecule has 0 aromatic carbocycles. The van der Waals surface area contributed by atoms with E-state index in [4.69, 9.17) is 9.79 Å². The minimum atomic E-state index is -4.20. The molecule has 0 radical (unpaired) electrons. The van der Waals surface area contributed by atoms with Crippen LogP contribution in [-0.2, 0) is 4.57 Å². The van der Waals surface area contributed by atoms with Gasteiger partial charge in [0.1, 0.15) is 0 Å². The van der Waals surface area contributed by atoms with E-state index in [1.54, 1.807) is 5.01 Å². The van der Waals surface area contributed by atoms with Crippen LogP contribution in [0.25, 0.3) is 0 Å². The standard InChI is InChI=1S/C8H22N5O3P/c14-17(15,16)12-13-7-5-10-3-1-9-2-4-11-6-8-13/h9-11H,1-8H2,(H3,12,14,15,16). The normalized spacial score (nSPS) is 22.7. The second-order valence-corrected chi connectivity index (χ2v) is 5.17. The summed E-state index contributed by atoms with van der Waals surface area (Å²) in [6.07, 6.45) is 0. The van der Waals surface area contributed by atoms with Gasteiger partial charge >= 0.3 is 7.75 Å². The lowest BCUT2D eigenvalue weighted by atomic mass is 10.4. The van der Waals surface area contributed by atoms with Crippen LogP contribution < -0.4 is 21.1 Å². The summed E-state index contributed by atoms with van der Waals surface area (Å²) < 4.78 is 10.9. The molecule has 1 aliphatic heterocycles. The first-order chi connectivity index (χ1) is 8.08. The first-order valence-electron chi connectivity index (χ1n) is 5.78. The molecule has 9 heteroatoms. The Morgan fingerprint density at radius 3 is 1.71 bits per heavy atom. The van der Waals surface area contributed by atoms with Gasteiger partial charge < -0.3 is 25.7 Å². The number of hydrogen-bond acceptors (Lipinski definition) is 5. The van der Waals surface area contributed by atoms with Gasteiger partial charge in [-0.25, -0.2) is 9.57 Å². The van der Waals surface area contributed by atoms with Gasteiger partial charge in [0.15, 0.2) is 0 Å². The van der Waals surface area contributed by atoms with Crippen LogP contribution >= 0.6 is 7.75 Å². The van der Waals surface area contributed by atoms with Gasteiger partial charge in [0, 0.05) is 52.4 Å². The summed E-state index contributed by atoms with van der Waals surface area (Å²) in [6.45, 7) is 5.97. The molecule has 1 rings (SSSR count). The van der Waals surface area contributed by atoms with Crippen molar-refractivity contribution in [1.82, 2.24) is 26.2 Å². The van der Waals surface area contributed by atoms with E-state index in [1.807, 2.05) is 0 Å². The molecule has 1 aliphatic rings. The van der Waals surface area contributed by atoms with E-state index < -0.39 is 7.75 Å². The van der Waals surface area contributed by atoms with Crippen molar-refractivity contribution >= 4 is 7.75 Å². The van der Waals surface area contributed by atoms with Gasteiger partial charge in [-0.15, -0.1) is 0 Å². The molecule has 6 N–H and O–H groups in total. The largest absolute Gasteiger partial charge is 0.413 e. The third-order valence-electron chi connectivity index (χ3n) is 2.35. The van der Waals surface area contributed by atoms with Crippen molar-refractivity contribution in [2.75, 3.05) is 52.4 Å². The summed E-state index contributed by atoms with van der Waals surface area (Å²) in [5.74, 6) is 0. The molecular weight excluding hydrogens is 245 g/mol. The summed E-state index contributed by atoms with van der Waals surface area (Å²) in [5.41, 5.74) is 0. The van der Waals surface area contributed by atoms with E-state index in [0.717, 1.165) is 26.2 Å². The van der Waals surface area contributed by atoms with Gasteiger partial charge in [-0.2, -0.15) is 5.20 Å². The molecule has 1 heterocycles. The maximum absolute atomic E-state index is 10.9. The van der Waals surface area contributed by atoms with Crippen molar-refractivity contribution in [2.45, 2.75) is 0 Å². The van der Waals surface area contributed by atoms with E-state index >= 15 is 0 Å². The fourth-order valence-electron chi connectivity index (χ4n) is 1.55. The molecular formula is C8H22N5O3P. The zero-order valence-corrected chi connectivity index (χ0v) is 10.7. The number of nitrogens with zero attached hydrogens (tertiary/aromatic N) is 1. The smallest absolute Gasteiger partial charge is 0.314 e. The number of hydrazine groups is 1. The molecule has 0 aliphatic carbocycles. The zero-order chi connectivity index (χ0) is 12.6. The Labute approximate surface area is 101 Å². The SMILES string of the molecule is O=P(O)(O)NN1CCNCCNCCNCC1. The summed E-state index contributed by atoms with van der Waals surface area (Å²) in [5, 5.41) is 13.4. The molecule has 17 heavy (non-hydrogen) atoms. The summed E-state index contributed by atoms with van der Waals surface area (Å²) in [7, 11) is -4.20. The van der Waals surface area contributed by atoms with Crippen molar-refractivity contribution in [3.05, 3.63) is 0 Å². The number of nitrogens with one attached hydrogen (secondary N) is 4. The summed E-state index contributed by atoms with van der Waals surface area (Å²) in [6, 6.07) is 0. The molecule has 0 amide bonds. The lowest BCUT2D eigenvalue weighted by Gasteiger charge is -2.24. The Morgan fingerprint density at radius 2 is 1.29 bits per heavy atom. The van der Waals surface area contributed by atoms with Crippen LogP contribution in [0, 0.1) is 0 Å². The highest BCUT2D eigenvalue weighted by molar-refractivity contribution is 7.49. The van der Waals surface area contributed by atoms with Crippen LogP contribution in [0.3, 0.4) is 0 Å². The van der Waals surface area contributed by atoms with E-state index in [-0.39, 0.29) is 0 Å². The number of rotatable bonds is 2. The van der Waals surface area contributed by atoms with Gasteiger partial charge in [-0.1, -0.05) is 0 Å². The highest BCUT2D eigenvalue weighted by Gasteiger charge is 2.17. The maximum atomic E-state index is 10.9. The predicted octanol–water partition coefficient (Wildman–Crippen LogP) is -2.33. The molecule has 0 aromatic rings. The van der Waals surface area contributed by atoms with Gasteiger partial charge in [0.2, 0.25) is 0 Å². The fraction of sp³-hybridized carbons (Fsp3) is 1.00. The minimum absolute atomic E-state index is 0.548. The van der Waals surface area contributed by atoms with Gasteiger partial charge in [0.25, 0.3) is 0 Å². The van der Waals surface area contributed by atoms with E-state index in [0.29, 0.717) is 26.2 Å². The quantitative estimate of drug-likeness (QED) is 0.309. The molecule has 8 nitrogen and oxygen atoms in total. The lowest BCUT2D eigenvalue weighted by Crippen LogP contribution is -2.46. The van der Waals surface area contributed by atoms with Crippen LogP contribution in [0.1, 0.15) is 0 Å². The van der Waals surface area contributed by atoms with E-state index in [1.165, 1.54) is 0 Å².